The third-order valence-corrected chi connectivity index (χ3v) is 5.30. The van der Waals surface area contributed by atoms with Crippen molar-refractivity contribution >= 4 is 34.7 Å². The van der Waals surface area contributed by atoms with Gasteiger partial charge < -0.3 is 14.2 Å². The summed E-state index contributed by atoms with van der Waals surface area (Å²) in [6, 6.07) is 8.99. The molecule has 3 rings (SSSR count). The number of carbonyl (C=O) groups is 2. The Balaban J connectivity index is 1.89. The fourth-order valence-electron chi connectivity index (χ4n) is 2.85. The van der Waals surface area contributed by atoms with E-state index in [0.29, 0.717) is 28.4 Å². The molecular weight excluding hydrogens is 412 g/mol. The van der Waals surface area contributed by atoms with Crippen LogP contribution >= 0.6 is 11.8 Å². The fourth-order valence-corrected chi connectivity index (χ4v) is 3.67. The highest BCUT2D eigenvalue weighted by atomic mass is 32.2. The molecule has 30 heavy (non-hydrogen) atoms. The van der Waals surface area contributed by atoms with Gasteiger partial charge in [0.2, 0.25) is 0 Å². The van der Waals surface area contributed by atoms with E-state index in [2.05, 4.69) is 0 Å². The highest BCUT2D eigenvalue weighted by Gasteiger charge is 2.35. The lowest BCUT2D eigenvalue weighted by Crippen LogP contribution is -2.27. The number of nitro benzene ring substituents is 1. The molecule has 2 amide bonds. The number of thioether (sulfide) groups is 1. The van der Waals surface area contributed by atoms with Crippen LogP contribution in [0.5, 0.6) is 17.2 Å². The lowest BCUT2D eigenvalue weighted by Gasteiger charge is -2.13. The van der Waals surface area contributed by atoms with Gasteiger partial charge in [-0.05, 0) is 23.4 Å². The van der Waals surface area contributed by atoms with Gasteiger partial charge in [-0.25, -0.2) is 0 Å². The topological polar surface area (TPSA) is 108 Å². The molecule has 10 heteroatoms. The van der Waals surface area contributed by atoms with Gasteiger partial charge >= 0.3 is 0 Å². The van der Waals surface area contributed by atoms with E-state index < -0.39 is 16.1 Å². The molecule has 1 fully saturated rings. The van der Waals surface area contributed by atoms with E-state index in [1.54, 1.807) is 12.1 Å². The van der Waals surface area contributed by atoms with Gasteiger partial charge in [-0.15, -0.1) is 0 Å². The Labute approximate surface area is 176 Å². The van der Waals surface area contributed by atoms with E-state index in [1.165, 1.54) is 51.7 Å². The Morgan fingerprint density at radius 3 is 2.13 bits per heavy atom. The molecule has 0 bridgehead atoms. The number of amides is 2. The molecular formula is C20H18N2O7S. The summed E-state index contributed by atoms with van der Waals surface area (Å²) in [6.07, 6.45) is 1.54. The third-order valence-electron chi connectivity index (χ3n) is 4.39. The molecule has 0 saturated carbocycles. The van der Waals surface area contributed by atoms with E-state index in [1.807, 2.05) is 0 Å². The van der Waals surface area contributed by atoms with Crippen molar-refractivity contribution in [1.29, 1.82) is 0 Å². The molecule has 1 saturated heterocycles. The van der Waals surface area contributed by atoms with Crippen LogP contribution in [0.1, 0.15) is 11.1 Å². The van der Waals surface area contributed by atoms with Crippen LogP contribution in [-0.4, -0.2) is 42.3 Å². The highest BCUT2D eigenvalue weighted by molar-refractivity contribution is 8.18. The first-order valence-electron chi connectivity index (χ1n) is 8.66. The molecule has 1 aliphatic heterocycles. The Morgan fingerprint density at radius 1 is 1.03 bits per heavy atom. The minimum absolute atomic E-state index is 0.0108. The fraction of sp³-hybridized carbons (Fsp3) is 0.200. The van der Waals surface area contributed by atoms with Crippen molar-refractivity contribution in [3.8, 4) is 17.2 Å². The van der Waals surface area contributed by atoms with Gasteiger partial charge in [-0.2, -0.15) is 0 Å². The Hall–Kier alpha value is -3.53. The lowest BCUT2D eigenvalue weighted by molar-refractivity contribution is -0.384. The van der Waals surface area contributed by atoms with Crippen LogP contribution in [0, 0.1) is 10.1 Å². The Bertz CT molecular complexity index is 1010. The molecule has 1 aliphatic rings. The number of rotatable bonds is 7. The van der Waals surface area contributed by atoms with Crippen molar-refractivity contribution in [2.45, 2.75) is 6.54 Å². The molecule has 2 aromatic carbocycles. The summed E-state index contributed by atoms with van der Waals surface area (Å²) in [4.78, 5) is 36.8. The molecule has 0 unspecified atom stereocenters. The van der Waals surface area contributed by atoms with Crippen molar-refractivity contribution in [1.82, 2.24) is 4.90 Å². The molecule has 0 atom stereocenters. The van der Waals surface area contributed by atoms with Crippen molar-refractivity contribution < 1.29 is 28.7 Å². The monoisotopic (exact) mass is 430 g/mol. The van der Waals surface area contributed by atoms with Crippen molar-refractivity contribution in [3.05, 3.63) is 62.5 Å². The van der Waals surface area contributed by atoms with Gasteiger partial charge in [-0.1, -0.05) is 12.1 Å². The quantitative estimate of drug-likeness (QED) is 0.370. The van der Waals surface area contributed by atoms with E-state index in [0.717, 1.165) is 16.7 Å². The molecule has 0 aromatic heterocycles. The molecule has 9 nitrogen and oxygen atoms in total. The van der Waals surface area contributed by atoms with Gasteiger partial charge in [0.15, 0.2) is 0 Å². The number of nitrogens with zero attached hydrogens (tertiary/aromatic N) is 2. The summed E-state index contributed by atoms with van der Waals surface area (Å²) in [5, 5.41) is 10.3. The average molecular weight is 430 g/mol. The number of ether oxygens (including phenoxy) is 3. The van der Waals surface area contributed by atoms with Crippen LogP contribution in [0.4, 0.5) is 10.5 Å². The minimum Gasteiger partial charge on any atom is -0.496 e. The summed E-state index contributed by atoms with van der Waals surface area (Å²) in [7, 11) is 4.47. The van der Waals surface area contributed by atoms with Crippen LogP contribution in [0.15, 0.2) is 41.3 Å². The molecule has 2 aromatic rings. The first-order chi connectivity index (χ1) is 14.4. The van der Waals surface area contributed by atoms with Gasteiger partial charge in [0.1, 0.15) is 17.2 Å². The number of carbonyl (C=O) groups excluding carboxylic acids is 2. The normalized spacial score (nSPS) is 14.9. The van der Waals surface area contributed by atoms with Gasteiger partial charge in [0.05, 0.1) is 43.3 Å². The lowest BCUT2D eigenvalue weighted by atomic mass is 10.1. The zero-order valence-corrected chi connectivity index (χ0v) is 17.2. The Kier molecular flexibility index (Phi) is 6.26. The molecule has 0 aliphatic carbocycles. The van der Waals surface area contributed by atoms with Crippen LogP contribution in [0.2, 0.25) is 0 Å². The number of nitro groups is 1. The molecule has 156 valence electrons. The van der Waals surface area contributed by atoms with Crippen LogP contribution in [-0.2, 0) is 11.3 Å². The largest absolute Gasteiger partial charge is 0.496 e. The van der Waals surface area contributed by atoms with Crippen LogP contribution in [0.25, 0.3) is 6.08 Å². The van der Waals surface area contributed by atoms with Crippen LogP contribution in [0.3, 0.4) is 0 Å². The average Bonchev–Trinajstić information content (AvgIpc) is 3.01. The number of hydrogen-bond acceptors (Lipinski definition) is 8. The molecule has 0 N–H and O–H groups in total. The number of benzene rings is 2. The zero-order chi connectivity index (χ0) is 21.8. The van der Waals surface area contributed by atoms with E-state index in [4.69, 9.17) is 14.2 Å². The van der Waals surface area contributed by atoms with Gasteiger partial charge in [0.25, 0.3) is 16.8 Å². The summed E-state index contributed by atoms with van der Waals surface area (Å²) in [6.45, 7) is 0.0108. The number of non-ortho nitro benzene ring substituents is 1. The highest BCUT2D eigenvalue weighted by Crippen LogP contribution is 2.40. The minimum atomic E-state index is -0.512. The molecule has 0 radical (unpaired) electrons. The van der Waals surface area contributed by atoms with Crippen molar-refractivity contribution in [2.75, 3.05) is 21.3 Å². The number of imide groups is 1. The third kappa shape index (κ3) is 4.23. The number of methoxy groups -OCH3 is 3. The second-order valence-corrected chi connectivity index (χ2v) is 7.13. The van der Waals surface area contributed by atoms with E-state index >= 15 is 0 Å². The summed E-state index contributed by atoms with van der Waals surface area (Å²) in [5.74, 6) is 0.900. The maximum absolute atomic E-state index is 12.8. The molecule has 1 heterocycles. The van der Waals surface area contributed by atoms with Crippen LogP contribution < -0.4 is 14.2 Å². The maximum Gasteiger partial charge on any atom is 0.293 e. The van der Waals surface area contributed by atoms with Crippen molar-refractivity contribution in [2.24, 2.45) is 0 Å². The van der Waals surface area contributed by atoms with Crippen molar-refractivity contribution in [3.63, 3.8) is 0 Å². The van der Waals surface area contributed by atoms with E-state index in [-0.39, 0.29) is 17.1 Å². The summed E-state index contributed by atoms with van der Waals surface area (Å²) in [5.41, 5.74) is 1.04. The molecule has 0 spiro atoms. The van der Waals surface area contributed by atoms with E-state index in [9.17, 15) is 19.7 Å². The second-order valence-electron chi connectivity index (χ2n) is 6.14. The number of hydrogen-bond donors (Lipinski definition) is 0. The first-order valence-corrected chi connectivity index (χ1v) is 9.48. The maximum atomic E-state index is 12.8. The zero-order valence-electron chi connectivity index (χ0n) is 16.4. The Morgan fingerprint density at radius 2 is 1.63 bits per heavy atom. The summed E-state index contributed by atoms with van der Waals surface area (Å²) >= 11 is 0.800. The predicted molar refractivity (Wildman–Crippen MR) is 111 cm³/mol. The summed E-state index contributed by atoms with van der Waals surface area (Å²) < 4.78 is 16.0. The smallest absolute Gasteiger partial charge is 0.293 e. The van der Waals surface area contributed by atoms with Gasteiger partial charge in [-0.3, -0.25) is 24.6 Å². The standard InChI is InChI=1S/C20H18N2O7S/c1-27-14-8-16(28-2)15(17(9-14)29-3)10-18-19(23)21(20(24)30-18)11-12-4-6-13(7-5-12)22(25)26/h4-10H,11H2,1-3H3. The SMILES string of the molecule is COc1cc(OC)c(C=C2SC(=O)N(Cc3ccc([N+](=O)[O-])cc3)C2=O)c(OC)c1. The van der Waals surface area contributed by atoms with Gasteiger partial charge in [0, 0.05) is 24.3 Å². The second kappa shape index (κ2) is 8.87. The first kappa shape index (κ1) is 21.2. The predicted octanol–water partition coefficient (Wildman–Crippen LogP) is 3.86.